The molecule has 0 aliphatic carbocycles. The summed E-state index contributed by atoms with van der Waals surface area (Å²) in [7, 11) is 0. The van der Waals surface area contributed by atoms with E-state index in [0.717, 1.165) is 10.5 Å². The van der Waals surface area contributed by atoms with Crippen molar-refractivity contribution in [1.82, 2.24) is 4.90 Å². The quantitative estimate of drug-likeness (QED) is 0.891. The summed E-state index contributed by atoms with van der Waals surface area (Å²) < 4.78 is 5.21. The van der Waals surface area contributed by atoms with E-state index in [2.05, 4.69) is 0 Å². The molecule has 1 aromatic carbocycles. The van der Waals surface area contributed by atoms with Crippen molar-refractivity contribution >= 4 is 12.1 Å². The van der Waals surface area contributed by atoms with Gasteiger partial charge in [0.15, 0.2) is 0 Å². The molecule has 1 aromatic rings. The van der Waals surface area contributed by atoms with Crippen molar-refractivity contribution in [3.8, 4) is 0 Å². The van der Waals surface area contributed by atoms with Crippen LogP contribution in [0.4, 0.5) is 4.79 Å². The third kappa shape index (κ3) is 3.64. The van der Waals surface area contributed by atoms with E-state index in [0.29, 0.717) is 0 Å². The van der Waals surface area contributed by atoms with Gasteiger partial charge in [-0.2, -0.15) is 0 Å². The monoisotopic (exact) mass is 321 g/mol. The molecule has 1 amide bonds. The van der Waals surface area contributed by atoms with Gasteiger partial charge in [0, 0.05) is 6.42 Å². The average Bonchev–Trinajstić information content (AvgIpc) is 2.85. The van der Waals surface area contributed by atoms with Gasteiger partial charge < -0.3 is 14.9 Å². The van der Waals surface area contributed by atoms with Crippen molar-refractivity contribution in [2.24, 2.45) is 5.41 Å². The number of ether oxygens (including phenoxy) is 1. The number of hydrogen-bond donors (Lipinski definition) is 2. The van der Waals surface area contributed by atoms with Gasteiger partial charge in [0.2, 0.25) is 0 Å². The summed E-state index contributed by atoms with van der Waals surface area (Å²) in [6, 6.07) is 8.07. The van der Waals surface area contributed by atoms with Crippen molar-refractivity contribution < 1.29 is 24.5 Å². The Balaban J connectivity index is 2.09. The van der Waals surface area contributed by atoms with E-state index in [1.807, 2.05) is 51.1 Å². The zero-order chi connectivity index (χ0) is 17.3. The number of benzene rings is 1. The number of amides is 1. The average molecular weight is 321 g/mol. The molecule has 1 aliphatic rings. The largest absolute Gasteiger partial charge is 0.480 e. The number of carboxylic acid groups (broad SMARTS) is 1. The van der Waals surface area contributed by atoms with Gasteiger partial charge in [-0.15, -0.1) is 0 Å². The zero-order valence-corrected chi connectivity index (χ0v) is 13.7. The predicted molar refractivity (Wildman–Crippen MR) is 83.8 cm³/mol. The van der Waals surface area contributed by atoms with Gasteiger partial charge in [-0.3, -0.25) is 4.90 Å². The highest BCUT2D eigenvalue weighted by Gasteiger charge is 2.54. The molecule has 6 nitrogen and oxygen atoms in total. The van der Waals surface area contributed by atoms with Crippen molar-refractivity contribution in [1.29, 1.82) is 0 Å². The number of carboxylic acids is 1. The lowest BCUT2D eigenvalue weighted by Gasteiger charge is -2.36. The van der Waals surface area contributed by atoms with Gasteiger partial charge in [-0.25, -0.2) is 9.59 Å². The number of nitrogens with zero attached hydrogens (tertiary/aromatic N) is 1. The minimum atomic E-state index is -1.26. The second-order valence-corrected chi connectivity index (χ2v) is 7.01. The van der Waals surface area contributed by atoms with E-state index in [4.69, 9.17) is 4.74 Å². The first-order chi connectivity index (χ1) is 10.6. The second kappa shape index (κ2) is 6.20. The molecular formula is C17H23NO5. The van der Waals surface area contributed by atoms with Crippen LogP contribution in [0.15, 0.2) is 30.3 Å². The molecule has 2 atom stereocenters. The molecule has 0 aromatic heterocycles. The van der Waals surface area contributed by atoms with Crippen LogP contribution in [0.5, 0.6) is 0 Å². The number of aliphatic carboxylic acids is 1. The SMILES string of the molecule is CC(C)(C)C1(O)C[C@@H](C(=O)O)N(C(=O)OCc2ccccc2)C1. The summed E-state index contributed by atoms with van der Waals surface area (Å²) in [5.74, 6) is -1.14. The van der Waals surface area contributed by atoms with Crippen LogP contribution in [0, 0.1) is 5.41 Å². The molecule has 0 saturated carbocycles. The van der Waals surface area contributed by atoms with Crippen molar-refractivity contribution in [2.45, 2.75) is 45.4 Å². The van der Waals surface area contributed by atoms with Crippen molar-refractivity contribution in [3.63, 3.8) is 0 Å². The van der Waals surface area contributed by atoms with E-state index < -0.39 is 29.1 Å². The first-order valence-electron chi connectivity index (χ1n) is 7.56. The van der Waals surface area contributed by atoms with Crippen LogP contribution >= 0.6 is 0 Å². The fourth-order valence-corrected chi connectivity index (χ4v) is 2.64. The van der Waals surface area contributed by atoms with E-state index in [1.165, 1.54) is 0 Å². The lowest BCUT2D eigenvalue weighted by molar-refractivity contribution is -0.142. The molecular weight excluding hydrogens is 298 g/mol. The zero-order valence-electron chi connectivity index (χ0n) is 13.7. The van der Waals surface area contributed by atoms with E-state index in [9.17, 15) is 19.8 Å². The van der Waals surface area contributed by atoms with Gasteiger partial charge in [-0.1, -0.05) is 51.1 Å². The summed E-state index contributed by atoms with van der Waals surface area (Å²) in [5, 5.41) is 20.1. The number of likely N-dealkylation sites (tertiary alicyclic amines) is 1. The van der Waals surface area contributed by atoms with Gasteiger partial charge in [0.25, 0.3) is 0 Å². The molecule has 1 saturated heterocycles. The molecule has 0 spiro atoms. The van der Waals surface area contributed by atoms with Crippen LogP contribution in [0.1, 0.15) is 32.8 Å². The fourth-order valence-electron chi connectivity index (χ4n) is 2.64. The topological polar surface area (TPSA) is 87.1 Å². The molecule has 23 heavy (non-hydrogen) atoms. The van der Waals surface area contributed by atoms with Crippen LogP contribution in [-0.2, 0) is 16.1 Å². The molecule has 126 valence electrons. The maximum Gasteiger partial charge on any atom is 0.410 e. The summed E-state index contributed by atoms with van der Waals surface area (Å²) in [5.41, 5.74) is -0.991. The molecule has 2 rings (SSSR count). The molecule has 0 bridgehead atoms. The molecule has 1 fully saturated rings. The number of hydrogen-bond acceptors (Lipinski definition) is 4. The Morgan fingerprint density at radius 2 is 1.91 bits per heavy atom. The third-order valence-corrected chi connectivity index (χ3v) is 4.46. The number of rotatable bonds is 3. The minimum Gasteiger partial charge on any atom is -0.480 e. The Morgan fingerprint density at radius 1 is 1.30 bits per heavy atom. The highest BCUT2D eigenvalue weighted by atomic mass is 16.6. The van der Waals surface area contributed by atoms with Crippen LogP contribution in [0.3, 0.4) is 0 Å². The van der Waals surface area contributed by atoms with Gasteiger partial charge in [0.05, 0.1) is 12.1 Å². The molecule has 1 aliphatic heterocycles. The summed E-state index contributed by atoms with van der Waals surface area (Å²) in [4.78, 5) is 24.8. The lowest BCUT2D eigenvalue weighted by Crippen LogP contribution is -2.46. The molecule has 6 heteroatoms. The van der Waals surface area contributed by atoms with Crippen molar-refractivity contribution in [2.75, 3.05) is 6.54 Å². The number of aliphatic hydroxyl groups is 1. The standard InChI is InChI=1S/C17H23NO5/c1-16(2,3)17(22)9-13(14(19)20)18(11-17)15(21)23-10-12-7-5-4-6-8-12/h4-8,13,22H,9-11H2,1-3H3,(H,19,20)/t13-,17?/m0/s1. The Labute approximate surface area is 135 Å². The highest BCUT2D eigenvalue weighted by molar-refractivity contribution is 5.81. The number of β-amino-alcohol motifs (C(OH)–C–C–N with tert-alkyl or cyclic N) is 1. The van der Waals surface area contributed by atoms with Gasteiger partial charge in [-0.05, 0) is 11.0 Å². The Morgan fingerprint density at radius 3 is 2.43 bits per heavy atom. The van der Waals surface area contributed by atoms with E-state index in [1.54, 1.807) is 0 Å². The number of carbonyl (C=O) groups excluding carboxylic acids is 1. The molecule has 2 N–H and O–H groups in total. The first kappa shape index (κ1) is 17.3. The molecule has 1 heterocycles. The van der Waals surface area contributed by atoms with E-state index in [-0.39, 0.29) is 19.6 Å². The lowest BCUT2D eigenvalue weighted by atomic mass is 9.75. The van der Waals surface area contributed by atoms with Crippen LogP contribution < -0.4 is 0 Å². The molecule has 1 unspecified atom stereocenters. The van der Waals surface area contributed by atoms with E-state index >= 15 is 0 Å². The second-order valence-electron chi connectivity index (χ2n) is 7.01. The highest BCUT2D eigenvalue weighted by Crippen LogP contribution is 2.41. The minimum absolute atomic E-state index is 0.00767. The maximum absolute atomic E-state index is 12.3. The summed E-state index contributed by atoms with van der Waals surface area (Å²) >= 11 is 0. The predicted octanol–water partition coefficient (Wildman–Crippen LogP) is 2.26. The van der Waals surface area contributed by atoms with Crippen molar-refractivity contribution in [3.05, 3.63) is 35.9 Å². The fraction of sp³-hybridized carbons (Fsp3) is 0.529. The summed E-state index contributed by atoms with van der Waals surface area (Å²) in [6.45, 7) is 5.48. The maximum atomic E-state index is 12.3. The number of carbonyl (C=O) groups is 2. The van der Waals surface area contributed by atoms with Gasteiger partial charge in [0.1, 0.15) is 12.6 Å². The normalized spacial score (nSPS) is 24.5. The van der Waals surface area contributed by atoms with Crippen LogP contribution in [0.2, 0.25) is 0 Å². The summed E-state index contributed by atoms with van der Waals surface area (Å²) in [6.07, 6.45) is -0.729. The molecule has 0 radical (unpaired) electrons. The Hall–Kier alpha value is -2.08. The Bertz CT molecular complexity index is 580. The van der Waals surface area contributed by atoms with Crippen LogP contribution in [0.25, 0.3) is 0 Å². The first-order valence-corrected chi connectivity index (χ1v) is 7.56. The smallest absolute Gasteiger partial charge is 0.410 e. The van der Waals surface area contributed by atoms with Crippen LogP contribution in [-0.4, -0.2) is 45.4 Å². The van der Waals surface area contributed by atoms with Gasteiger partial charge >= 0.3 is 12.1 Å². The Kier molecular flexibility index (Phi) is 4.66. The third-order valence-electron chi connectivity index (χ3n) is 4.46.